The van der Waals surface area contributed by atoms with Crippen LogP contribution in [0.5, 0.6) is 0 Å². The minimum Gasteiger partial charge on any atom is -0.481 e. The van der Waals surface area contributed by atoms with Crippen molar-refractivity contribution >= 4 is 29.1 Å². The number of nitrogens with one attached hydrogen (secondary N) is 2. The van der Waals surface area contributed by atoms with Gasteiger partial charge in [0.05, 0.1) is 17.4 Å². The lowest BCUT2D eigenvalue weighted by atomic mass is 9.82. The van der Waals surface area contributed by atoms with Gasteiger partial charge in [-0.05, 0) is 49.0 Å². The van der Waals surface area contributed by atoms with Gasteiger partial charge in [-0.1, -0.05) is 19.1 Å². The molecule has 0 saturated heterocycles. The monoisotopic (exact) mass is 374 g/mol. The molecule has 26 heavy (non-hydrogen) atoms. The summed E-state index contributed by atoms with van der Waals surface area (Å²) < 4.78 is 0. The topological polar surface area (TPSA) is 95.5 Å². The first-order valence-electron chi connectivity index (χ1n) is 9.06. The maximum absolute atomic E-state index is 12.5. The molecule has 4 rings (SSSR count). The van der Waals surface area contributed by atoms with Crippen molar-refractivity contribution in [1.29, 1.82) is 0 Å². The molecule has 0 unspecified atom stereocenters. The van der Waals surface area contributed by atoms with Gasteiger partial charge in [0.15, 0.2) is 0 Å². The summed E-state index contributed by atoms with van der Waals surface area (Å²) >= 11 is 1.60. The average Bonchev–Trinajstić information content (AvgIpc) is 3.32. The van der Waals surface area contributed by atoms with Crippen molar-refractivity contribution in [2.24, 2.45) is 29.6 Å². The Balaban J connectivity index is 1.41. The molecule has 1 saturated carbocycles. The van der Waals surface area contributed by atoms with E-state index < -0.39 is 23.7 Å². The summed E-state index contributed by atoms with van der Waals surface area (Å²) in [6, 6.07) is 0. The number of hydrazine groups is 1. The normalized spacial score (nSPS) is 31.5. The van der Waals surface area contributed by atoms with E-state index in [9.17, 15) is 19.5 Å². The second kappa shape index (κ2) is 6.54. The molecule has 2 bridgehead atoms. The van der Waals surface area contributed by atoms with Gasteiger partial charge in [-0.25, -0.2) is 0 Å². The number of carboxylic acid groups (broad SMARTS) is 1. The number of rotatable bonds is 3. The van der Waals surface area contributed by atoms with Gasteiger partial charge in [-0.3, -0.25) is 25.2 Å². The number of hydrogen-bond donors (Lipinski definition) is 3. The number of allylic oxidation sites excluding steroid dienone is 2. The smallest absolute Gasteiger partial charge is 0.307 e. The Morgan fingerprint density at radius 2 is 1.88 bits per heavy atom. The average molecular weight is 374 g/mol. The highest BCUT2D eigenvalue weighted by molar-refractivity contribution is 7.10. The number of amides is 2. The quantitative estimate of drug-likeness (QED) is 0.558. The fourth-order valence-electron chi connectivity index (χ4n) is 4.65. The van der Waals surface area contributed by atoms with E-state index >= 15 is 0 Å². The zero-order valence-electron chi connectivity index (χ0n) is 14.5. The predicted octanol–water partition coefficient (Wildman–Crippen LogP) is 2.16. The van der Waals surface area contributed by atoms with Crippen LogP contribution in [-0.4, -0.2) is 22.9 Å². The van der Waals surface area contributed by atoms with Gasteiger partial charge in [-0.15, -0.1) is 11.3 Å². The van der Waals surface area contributed by atoms with Crippen LogP contribution in [0.2, 0.25) is 0 Å². The summed E-state index contributed by atoms with van der Waals surface area (Å²) in [5.74, 6) is -2.54. The fourth-order valence-corrected chi connectivity index (χ4v) is 5.90. The van der Waals surface area contributed by atoms with E-state index in [2.05, 4.69) is 17.8 Å². The maximum Gasteiger partial charge on any atom is 0.307 e. The molecule has 1 aromatic heterocycles. The highest BCUT2D eigenvalue weighted by Crippen LogP contribution is 2.48. The van der Waals surface area contributed by atoms with Crippen LogP contribution < -0.4 is 10.9 Å². The van der Waals surface area contributed by atoms with Gasteiger partial charge in [-0.2, -0.15) is 0 Å². The van der Waals surface area contributed by atoms with E-state index in [-0.39, 0.29) is 17.7 Å². The molecule has 1 heterocycles. The molecule has 2 amide bonds. The zero-order valence-corrected chi connectivity index (χ0v) is 15.3. The summed E-state index contributed by atoms with van der Waals surface area (Å²) in [7, 11) is 0. The van der Waals surface area contributed by atoms with E-state index in [0.29, 0.717) is 17.9 Å². The second-order valence-electron chi connectivity index (χ2n) is 7.68. The molecule has 7 heteroatoms. The molecule has 3 N–H and O–H groups in total. The zero-order chi connectivity index (χ0) is 18.4. The Morgan fingerprint density at radius 3 is 2.62 bits per heavy atom. The Bertz CT molecular complexity index is 799. The van der Waals surface area contributed by atoms with Crippen molar-refractivity contribution < 1.29 is 19.5 Å². The van der Waals surface area contributed by atoms with Crippen LogP contribution in [0.3, 0.4) is 0 Å². The minimum absolute atomic E-state index is 0.0617. The van der Waals surface area contributed by atoms with E-state index in [1.54, 1.807) is 11.3 Å². The Morgan fingerprint density at radius 1 is 1.15 bits per heavy atom. The first kappa shape index (κ1) is 17.3. The summed E-state index contributed by atoms with van der Waals surface area (Å²) in [4.78, 5) is 37.8. The first-order chi connectivity index (χ1) is 12.5. The largest absolute Gasteiger partial charge is 0.481 e. The fraction of sp³-hybridized carbons (Fsp3) is 0.526. The SMILES string of the molecule is C[C@H]1CCc2c(C(=O)NNC(=O)[C@H]3[C@@H](C(=O)O)[C@H]4C=C[C@H]3C4)csc2C1. The molecule has 3 aliphatic carbocycles. The van der Waals surface area contributed by atoms with Crippen LogP contribution >= 0.6 is 11.3 Å². The van der Waals surface area contributed by atoms with Crippen LogP contribution in [0.1, 0.15) is 40.6 Å². The van der Waals surface area contributed by atoms with Gasteiger partial charge in [0.2, 0.25) is 5.91 Å². The number of fused-ring (bicyclic) bond motifs is 3. The summed E-state index contributed by atoms with van der Waals surface area (Å²) in [5, 5.41) is 11.3. The van der Waals surface area contributed by atoms with Crippen molar-refractivity contribution in [1.82, 2.24) is 10.9 Å². The number of carboxylic acids is 1. The van der Waals surface area contributed by atoms with Crippen LogP contribution in [0.15, 0.2) is 17.5 Å². The van der Waals surface area contributed by atoms with E-state index in [1.807, 2.05) is 17.5 Å². The van der Waals surface area contributed by atoms with Gasteiger partial charge in [0, 0.05) is 10.3 Å². The minimum atomic E-state index is -0.950. The van der Waals surface area contributed by atoms with Crippen LogP contribution in [0.25, 0.3) is 0 Å². The molecule has 1 fully saturated rings. The standard InChI is InChI=1S/C19H22N2O4S/c1-9-2-5-12-13(8-26-14(12)6-9)17(22)20-21-18(23)15-10-3-4-11(7-10)16(15)19(24)25/h3-4,8-11,15-16H,2,5-7H2,1H3,(H,20,22)(H,21,23)(H,24,25)/t9-,10-,11-,15+,16-/m0/s1. The number of thiophene rings is 1. The van der Waals surface area contributed by atoms with Gasteiger partial charge < -0.3 is 5.11 Å². The van der Waals surface area contributed by atoms with E-state index in [1.165, 1.54) is 4.88 Å². The van der Waals surface area contributed by atoms with Crippen LogP contribution in [0, 0.1) is 29.6 Å². The lowest BCUT2D eigenvalue weighted by Gasteiger charge is -2.24. The van der Waals surface area contributed by atoms with Gasteiger partial charge in [0.25, 0.3) is 5.91 Å². The van der Waals surface area contributed by atoms with Crippen molar-refractivity contribution in [3.8, 4) is 0 Å². The number of carbonyl (C=O) groups is 3. The molecule has 0 spiro atoms. The molecular formula is C19H22N2O4S. The molecule has 3 aliphatic rings. The van der Waals surface area contributed by atoms with Crippen LogP contribution in [0.4, 0.5) is 0 Å². The first-order valence-corrected chi connectivity index (χ1v) is 9.94. The molecule has 0 aliphatic heterocycles. The molecule has 6 nitrogen and oxygen atoms in total. The number of carbonyl (C=O) groups excluding carboxylic acids is 2. The molecule has 1 aromatic rings. The van der Waals surface area contributed by atoms with Crippen molar-refractivity contribution in [2.45, 2.75) is 32.6 Å². The number of aliphatic carboxylic acids is 1. The van der Waals surface area contributed by atoms with Gasteiger partial charge >= 0.3 is 5.97 Å². The van der Waals surface area contributed by atoms with E-state index in [0.717, 1.165) is 24.8 Å². The van der Waals surface area contributed by atoms with Crippen molar-refractivity contribution in [3.05, 3.63) is 33.5 Å². The Hall–Kier alpha value is -2.15. The summed E-state index contributed by atoms with van der Waals surface area (Å²) in [6.45, 7) is 2.21. The third-order valence-electron chi connectivity index (χ3n) is 5.99. The van der Waals surface area contributed by atoms with Crippen LogP contribution in [-0.2, 0) is 22.4 Å². The molecular weight excluding hydrogens is 352 g/mol. The number of hydrogen-bond acceptors (Lipinski definition) is 4. The van der Waals surface area contributed by atoms with Gasteiger partial charge in [0.1, 0.15) is 0 Å². The van der Waals surface area contributed by atoms with Crippen molar-refractivity contribution in [2.75, 3.05) is 0 Å². The Labute approximate surface area is 155 Å². The molecule has 0 radical (unpaired) electrons. The maximum atomic E-state index is 12.5. The lowest BCUT2D eigenvalue weighted by molar-refractivity contribution is -0.148. The summed E-state index contributed by atoms with van der Waals surface area (Å²) in [6.07, 6.45) is 7.46. The predicted molar refractivity (Wildman–Crippen MR) is 96.5 cm³/mol. The summed E-state index contributed by atoms with van der Waals surface area (Å²) in [5.41, 5.74) is 6.67. The Kier molecular flexibility index (Phi) is 4.34. The lowest BCUT2D eigenvalue weighted by Crippen LogP contribution is -2.48. The third kappa shape index (κ3) is 2.84. The highest BCUT2D eigenvalue weighted by atomic mass is 32.1. The van der Waals surface area contributed by atoms with E-state index in [4.69, 9.17) is 0 Å². The second-order valence-corrected chi connectivity index (χ2v) is 8.64. The van der Waals surface area contributed by atoms with Crippen molar-refractivity contribution in [3.63, 3.8) is 0 Å². The molecule has 138 valence electrons. The molecule has 0 aromatic carbocycles. The third-order valence-corrected chi connectivity index (χ3v) is 7.04. The highest BCUT2D eigenvalue weighted by Gasteiger charge is 2.51. The molecule has 5 atom stereocenters.